The van der Waals surface area contributed by atoms with Crippen molar-refractivity contribution in [3.63, 3.8) is 0 Å². The number of hydrogen-bond donors (Lipinski definition) is 1. The molecule has 0 aliphatic carbocycles. The number of benzene rings is 1. The molecule has 0 spiro atoms. The summed E-state index contributed by atoms with van der Waals surface area (Å²) in [7, 11) is 0. The molecule has 1 aliphatic rings. The first kappa shape index (κ1) is 15.3. The van der Waals surface area contributed by atoms with Crippen LogP contribution >= 0.6 is 28.1 Å². The van der Waals surface area contributed by atoms with Crippen molar-refractivity contribution in [2.45, 2.75) is 13.3 Å². The Labute approximate surface area is 133 Å². The van der Waals surface area contributed by atoms with Crippen LogP contribution in [0, 0.1) is 0 Å². The van der Waals surface area contributed by atoms with Crippen LogP contribution in [0.5, 0.6) is 0 Å². The quantitative estimate of drug-likeness (QED) is 0.785. The second kappa shape index (κ2) is 7.04. The van der Waals surface area contributed by atoms with E-state index in [-0.39, 0.29) is 5.91 Å². The third-order valence-electron chi connectivity index (χ3n) is 3.32. The zero-order valence-corrected chi connectivity index (χ0v) is 13.8. The predicted octanol–water partition coefficient (Wildman–Crippen LogP) is 2.70. The maximum atomic E-state index is 11.4. The molecule has 0 radical (unpaired) electrons. The lowest BCUT2D eigenvalue weighted by Crippen LogP contribution is -2.38. The molecule has 4 nitrogen and oxygen atoms in total. The highest BCUT2D eigenvalue weighted by Gasteiger charge is 2.18. The lowest BCUT2D eigenvalue weighted by molar-refractivity contribution is -0.128. The van der Waals surface area contributed by atoms with E-state index in [1.165, 1.54) is 0 Å². The van der Waals surface area contributed by atoms with Crippen molar-refractivity contribution in [3.8, 4) is 0 Å². The third kappa shape index (κ3) is 4.18. The number of amides is 1. The summed E-state index contributed by atoms with van der Waals surface area (Å²) in [4.78, 5) is 15.4. The highest BCUT2D eigenvalue weighted by Crippen LogP contribution is 2.15. The minimum Gasteiger partial charge on any atom is -0.347 e. The molecule has 2 rings (SSSR count). The monoisotopic (exact) mass is 355 g/mol. The predicted molar refractivity (Wildman–Crippen MR) is 88.8 cm³/mol. The molecule has 1 heterocycles. The highest BCUT2D eigenvalue weighted by molar-refractivity contribution is 9.10. The topological polar surface area (TPSA) is 35.6 Å². The van der Waals surface area contributed by atoms with Crippen LogP contribution in [0.4, 0.5) is 5.69 Å². The molecule has 1 aromatic carbocycles. The molecule has 20 heavy (non-hydrogen) atoms. The zero-order valence-electron chi connectivity index (χ0n) is 11.4. The van der Waals surface area contributed by atoms with E-state index in [0.717, 1.165) is 47.9 Å². The molecule has 0 atom stereocenters. The van der Waals surface area contributed by atoms with Crippen LogP contribution in [0.2, 0.25) is 0 Å². The van der Waals surface area contributed by atoms with E-state index >= 15 is 0 Å². The molecule has 0 aromatic heterocycles. The van der Waals surface area contributed by atoms with E-state index in [9.17, 15) is 4.79 Å². The highest BCUT2D eigenvalue weighted by atomic mass is 79.9. The minimum atomic E-state index is 0.138. The first-order valence-corrected chi connectivity index (χ1v) is 7.83. The average Bonchev–Trinajstić information content (AvgIpc) is 2.67. The fourth-order valence-corrected chi connectivity index (χ4v) is 2.74. The maximum absolute atomic E-state index is 11.4. The summed E-state index contributed by atoms with van der Waals surface area (Å²) in [6, 6.07) is 7.92. The van der Waals surface area contributed by atoms with Gasteiger partial charge in [0.15, 0.2) is 5.11 Å². The number of rotatable bonds is 1. The lowest BCUT2D eigenvalue weighted by Gasteiger charge is -2.24. The molecule has 0 saturated carbocycles. The van der Waals surface area contributed by atoms with Gasteiger partial charge in [0.2, 0.25) is 5.91 Å². The Morgan fingerprint density at radius 3 is 2.40 bits per heavy atom. The van der Waals surface area contributed by atoms with Gasteiger partial charge in [-0.05, 0) is 42.9 Å². The van der Waals surface area contributed by atoms with Crippen LogP contribution in [0.3, 0.4) is 0 Å². The molecule has 6 heteroatoms. The molecule has 1 amide bonds. The van der Waals surface area contributed by atoms with Gasteiger partial charge in [0.05, 0.1) is 0 Å². The normalized spacial score (nSPS) is 15.7. The summed E-state index contributed by atoms with van der Waals surface area (Å²) in [6.45, 7) is 4.83. The minimum absolute atomic E-state index is 0.138. The van der Waals surface area contributed by atoms with Crippen molar-refractivity contribution in [2.24, 2.45) is 0 Å². The Morgan fingerprint density at radius 1 is 1.15 bits per heavy atom. The molecule has 1 saturated heterocycles. The van der Waals surface area contributed by atoms with E-state index in [2.05, 4.69) is 26.1 Å². The van der Waals surface area contributed by atoms with Gasteiger partial charge < -0.3 is 15.1 Å². The molecule has 1 N–H and O–H groups in total. The number of anilines is 1. The van der Waals surface area contributed by atoms with Crippen molar-refractivity contribution >= 4 is 44.9 Å². The summed E-state index contributed by atoms with van der Waals surface area (Å²) < 4.78 is 1.04. The largest absolute Gasteiger partial charge is 0.347 e. The van der Waals surface area contributed by atoms with E-state index in [0.29, 0.717) is 0 Å². The van der Waals surface area contributed by atoms with Gasteiger partial charge in [0.1, 0.15) is 0 Å². The van der Waals surface area contributed by atoms with Crippen LogP contribution in [-0.2, 0) is 4.79 Å². The van der Waals surface area contributed by atoms with Crippen molar-refractivity contribution in [1.82, 2.24) is 9.80 Å². The van der Waals surface area contributed by atoms with Gasteiger partial charge in [0.25, 0.3) is 0 Å². The Morgan fingerprint density at radius 2 is 1.75 bits per heavy atom. The van der Waals surface area contributed by atoms with Crippen LogP contribution in [-0.4, -0.2) is 47.0 Å². The number of carbonyl (C=O) groups excluding carboxylic acids is 1. The van der Waals surface area contributed by atoms with Gasteiger partial charge >= 0.3 is 0 Å². The molecular formula is C14H18BrN3OS. The number of hydrogen-bond acceptors (Lipinski definition) is 2. The molecule has 0 bridgehead atoms. The Bertz CT molecular complexity index is 492. The van der Waals surface area contributed by atoms with Crippen molar-refractivity contribution < 1.29 is 4.79 Å². The maximum Gasteiger partial charge on any atom is 0.219 e. The summed E-state index contributed by atoms with van der Waals surface area (Å²) in [5, 5.41) is 3.96. The Balaban J connectivity index is 1.92. The summed E-state index contributed by atoms with van der Waals surface area (Å²) >= 11 is 8.86. The van der Waals surface area contributed by atoms with Gasteiger partial charge in [-0.25, -0.2) is 0 Å². The SMILES string of the molecule is CC(=O)N1CCCN(C(=S)Nc2ccc(Br)cc2)CC1. The first-order valence-electron chi connectivity index (χ1n) is 6.63. The molecule has 1 fully saturated rings. The van der Waals surface area contributed by atoms with Crippen LogP contribution < -0.4 is 5.32 Å². The Hall–Kier alpha value is -1.14. The standard InChI is InChI=1S/C14H18BrN3OS/c1-11(19)17-7-2-8-18(10-9-17)14(20)16-13-5-3-12(15)4-6-13/h3-6H,2,7-10H2,1H3,(H,16,20). The van der Waals surface area contributed by atoms with E-state index in [4.69, 9.17) is 12.2 Å². The number of nitrogens with one attached hydrogen (secondary N) is 1. The van der Waals surface area contributed by atoms with Gasteiger partial charge in [0, 0.05) is 43.3 Å². The second-order valence-electron chi connectivity index (χ2n) is 4.78. The molecule has 1 aliphatic heterocycles. The molecule has 1 aromatic rings. The molecule has 108 valence electrons. The van der Waals surface area contributed by atoms with Gasteiger partial charge in [-0.2, -0.15) is 0 Å². The average molecular weight is 356 g/mol. The lowest BCUT2D eigenvalue weighted by atomic mass is 10.3. The van der Waals surface area contributed by atoms with Gasteiger partial charge in [-0.3, -0.25) is 4.79 Å². The van der Waals surface area contributed by atoms with E-state index in [1.807, 2.05) is 29.2 Å². The fraction of sp³-hybridized carbons (Fsp3) is 0.429. The summed E-state index contributed by atoms with van der Waals surface area (Å²) in [5.74, 6) is 0.138. The van der Waals surface area contributed by atoms with E-state index < -0.39 is 0 Å². The van der Waals surface area contributed by atoms with Gasteiger partial charge in [-0.1, -0.05) is 15.9 Å². The number of thiocarbonyl (C=S) groups is 1. The summed E-state index contributed by atoms with van der Waals surface area (Å²) in [6.07, 6.45) is 0.946. The summed E-state index contributed by atoms with van der Waals surface area (Å²) in [5.41, 5.74) is 0.978. The molecule has 0 unspecified atom stereocenters. The first-order chi connectivity index (χ1) is 9.56. The van der Waals surface area contributed by atoms with Crippen molar-refractivity contribution in [2.75, 3.05) is 31.5 Å². The number of halogens is 1. The second-order valence-corrected chi connectivity index (χ2v) is 6.09. The van der Waals surface area contributed by atoms with Crippen molar-refractivity contribution in [1.29, 1.82) is 0 Å². The smallest absolute Gasteiger partial charge is 0.219 e. The van der Waals surface area contributed by atoms with Crippen LogP contribution in [0.25, 0.3) is 0 Å². The third-order valence-corrected chi connectivity index (χ3v) is 4.21. The Kier molecular flexibility index (Phi) is 5.37. The molecular weight excluding hydrogens is 338 g/mol. The fourth-order valence-electron chi connectivity index (χ4n) is 2.17. The van der Waals surface area contributed by atoms with Gasteiger partial charge in [-0.15, -0.1) is 0 Å². The van der Waals surface area contributed by atoms with Crippen molar-refractivity contribution in [3.05, 3.63) is 28.7 Å². The number of carbonyl (C=O) groups is 1. The van der Waals surface area contributed by atoms with Crippen LogP contribution in [0.1, 0.15) is 13.3 Å². The van der Waals surface area contributed by atoms with Crippen LogP contribution in [0.15, 0.2) is 28.7 Å². The zero-order chi connectivity index (χ0) is 14.5. The van der Waals surface area contributed by atoms with E-state index in [1.54, 1.807) is 6.92 Å². The number of nitrogens with zero attached hydrogens (tertiary/aromatic N) is 2.